The van der Waals surface area contributed by atoms with Crippen LogP contribution in [0.3, 0.4) is 0 Å². The number of carbonyl (C=O) groups is 2. The van der Waals surface area contributed by atoms with Gasteiger partial charge < -0.3 is 19.3 Å². The highest BCUT2D eigenvalue weighted by molar-refractivity contribution is 7.22. The Balaban J connectivity index is 1.50. The third kappa shape index (κ3) is 5.30. The number of fused-ring (bicyclic) bond motifs is 2. The molecule has 2 aliphatic rings. The van der Waals surface area contributed by atoms with Crippen molar-refractivity contribution >= 4 is 44.1 Å². The zero-order valence-electron chi connectivity index (χ0n) is 25.6. The number of carbonyl (C=O) groups excluding carboxylic acids is 2. The summed E-state index contributed by atoms with van der Waals surface area (Å²) in [6.07, 6.45) is 3.77. The van der Waals surface area contributed by atoms with Crippen molar-refractivity contribution in [1.29, 1.82) is 0 Å². The zero-order chi connectivity index (χ0) is 31.1. The van der Waals surface area contributed by atoms with Crippen molar-refractivity contribution in [3.63, 3.8) is 0 Å². The maximum absolute atomic E-state index is 13.8. The molecule has 1 aromatic heterocycles. The summed E-state index contributed by atoms with van der Waals surface area (Å²) in [5.41, 5.74) is 4.81. The molecule has 8 nitrogen and oxygen atoms in total. The zero-order valence-corrected chi connectivity index (χ0v) is 26.4. The number of aromatic nitrogens is 1. The van der Waals surface area contributed by atoms with Crippen LogP contribution in [-0.4, -0.2) is 41.6 Å². The molecule has 3 heterocycles. The highest BCUT2D eigenvalue weighted by Gasteiger charge is 2.48. The highest BCUT2D eigenvalue weighted by atomic mass is 32.1. The molecular weight excluding hydrogens is 576 g/mol. The molecular formula is C35H36N2O6S. The van der Waals surface area contributed by atoms with Gasteiger partial charge in [0.15, 0.2) is 16.6 Å². The van der Waals surface area contributed by atoms with Crippen LogP contribution >= 0.6 is 11.3 Å². The minimum Gasteiger partial charge on any atom is -0.507 e. The summed E-state index contributed by atoms with van der Waals surface area (Å²) >= 11 is 1.35. The quantitative estimate of drug-likeness (QED) is 0.0908. The molecule has 4 aromatic rings. The number of nitrogens with zero attached hydrogens (tertiary/aromatic N) is 2. The van der Waals surface area contributed by atoms with E-state index in [9.17, 15) is 14.7 Å². The van der Waals surface area contributed by atoms with Gasteiger partial charge in [0.1, 0.15) is 17.6 Å². The second-order valence-corrected chi connectivity index (χ2v) is 12.5. The molecule has 9 heteroatoms. The van der Waals surface area contributed by atoms with Gasteiger partial charge in [-0.05, 0) is 85.8 Å². The molecule has 1 saturated heterocycles. The molecule has 2 aliphatic heterocycles. The Morgan fingerprint density at radius 3 is 2.68 bits per heavy atom. The Morgan fingerprint density at radius 2 is 1.91 bits per heavy atom. The number of unbranched alkanes of at least 4 members (excludes halogenated alkanes) is 2. The van der Waals surface area contributed by atoms with Crippen molar-refractivity contribution in [3.8, 4) is 17.2 Å². The first-order valence-corrected chi connectivity index (χ1v) is 15.8. The molecule has 1 amide bonds. The molecule has 0 bridgehead atoms. The van der Waals surface area contributed by atoms with Crippen LogP contribution < -0.4 is 19.1 Å². The SMILES string of the molecule is CCCCCOc1ccc([C@H]2/C(=C(\O)c3ccc4c(c3)C[C@H](C)O4)C(=O)C(=O)N2c2nc3c(C)cc(C)cc3s2)cc1OC. The first-order valence-electron chi connectivity index (χ1n) is 15.0. The van der Waals surface area contributed by atoms with Crippen molar-refractivity contribution in [2.75, 3.05) is 18.6 Å². The standard InChI is InChI=1S/C35H36N2O6S/c1-6-7-8-13-42-26-12-9-22(18-27(26)41-5)31-29(32(38)23-10-11-25-24(17-23)16-21(4)43-25)33(39)34(40)37(31)35-36-30-20(3)14-19(2)15-28(30)44-35/h9-12,14-15,17-18,21,31,38H,6-8,13,16H2,1-5H3/b32-29+/t21-,31-/m0/s1. The maximum Gasteiger partial charge on any atom is 0.301 e. The number of aliphatic hydroxyl groups is 1. The van der Waals surface area contributed by atoms with Crippen molar-refractivity contribution < 1.29 is 28.9 Å². The molecule has 1 fully saturated rings. The second kappa shape index (κ2) is 12.0. The predicted octanol–water partition coefficient (Wildman–Crippen LogP) is 7.44. The van der Waals surface area contributed by atoms with Crippen LogP contribution in [0.2, 0.25) is 0 Å². The van der Waals surface area contributed by atoms with Gasteiger partial charge in [0, 0.05) is 12.0 Å². The summed E-state index contributed by atoms with van der Waals surface area (Å²) in [5, 5.41) is 12.1. The maximum atomic E-state index is 13.8. The van der Waals surface area contributed by atoms with Gasteiger partial charge in [-0.15, -0.1) is 0 Å². The van der Waals surface area contributed by atoms with Crippen LogP contribution in [0.25, 0.3) is 16.0 Å². The Hall–Kier alpha value is -4.37. The summed E-state index contributed by atoms with van der Waals surface area (Å²) in [5.74, 6) is 0.0356. The van der Waals surface area contributed by atoms with Gasteiger partial charge in [-0.3, -0.25) is 14.5 Å². The summed E-state index contributed by atoms with van der Waals surface area (Å²) < 4.78 is 18.5. The van der Waals surface area contributed by atoms with Crippen LogP contribution in [0.15, 0.2) is 54.1 Å². The molecule has 0 radical (unpaired) electrons. The lowest BCUT2D eigenvalue weighted by Gasteiger charge is -2.24. The molecule has 0 saturated carbocycles. The van der Waals surface area contributed by atoms with Crippen LogP contribution in [0.5, 0.6) is 17.2 Å². The fourth-order valence-electron chi connectivity index (χ4n) is 6.04. The number of anilines is 1. The highest BCUT2D eigenvalue weighted by Crippen LogP contribution is 2.46. The van der Waals surface area contributed by atoms with Crippen molar-refractivity contribution in [1.82, 2.24) is 4.98 Å². The van der Waals surface area contributed by atoms with Gasteiger partial charge >= 0.3 is 5.91 Å². The van der Waals surface area contributed by atoms with Gasteiger partial charge in [0.2, 0.25) is 0 Å². The first kappa shape index (κ1) is 29.7. The number of aryl methyl sites for hydroxylation is 2. The Morgan fingerprint density at radius 1 is 1.09 bits per heavy atom. The normalized spacial score (nSPS) is 19.0. The lowest BCUT2D eigenvalue weighted by atomic mass is 9.94. The van der Waals surface area contributed by atoms with E-state index in [0.29, 0.717) is 40.8 Å². The van der Waals surface area contributed by atoms with Gasteiger partial charge in [-0.25, -0.2) is 4.98 Å². The summed E-state index contributed by atoms with van der Waals surface area (Å²) in [7, 11) is 1.56. The Labute approximate surface area is 260 Å². The average Bonchev–Trinajstić information content (AvgIpc) is 3.67. The van der Waals surface area contributed by atoms with Gasteiger partial charge in [0.25, 0.3) is 5.78 Å². The number of benzene rings is 3. The lowest BCUT2D eigenvalue weighted by Crippen LogP contribution is -2.29. The smallest absolute Gasteiger partial charge is 0.301 e. The number of ketones is 1. The molecule has 0 aliphatic carbocycles. The van der Waals surface area contributed by atoms with E-state index in [4.69, 9.17) is 19.2 Å². The van der Waals surface area contributed by atoms with E-state index in [0.717, 1.165) is 51.9 Å². The monoisotopic (exact) mass is 612 g/mol. The molecule has 2 atom stereocenters. The van der Waals surface area contributed by atoms with E-state index < -0.39 is 17.7 Å². The number of rotatable bonds is 9. The van der Waals surface area contributed by atoms with E-state index >= 15 is 0 Å². The number of methoxy groups -OCH3 is 1. The molecule has 228 valence electrons. The molecule has 0 spiro atoms. The van der Waals surface area contributed by atoms with Crippen LogP contribution in [0.4, 0.5) is 5.13 Å². The van der Waals surface area contributed by atoms with Crippen molar-refractivity contribution in [3.05, 3.63) is 81.9 Å². The molecule has 44 heavy (non-hydrogen) atoms. The van der Waals surface area contributed by atoms with Crippen LogP contribution in [0, 0.1) is 13.8 Å². The summed E-state index contributed by atoms with van der Waals surface area (Å²) in [4.78, 5) is 33.9. The van der Waals surface area contributed by atoms with Gasteiger partial charge in [0.05, 0.1) is 35.5 Å². The molecule has 0 unspecified atom stereocenters. The third-order valence-corrected chi connectivity index (χ3v) is 9.15. The Bertz CT molecular complexity index is 1810. The number of hydrogen-bond donors (Lipinski definition) is 1. The lowest BCUT2D eigenvalue weighted by molar-refractivity contribution is -0.132. The van der Waals surface area contributed by atoms with Gasteiger partial charge in [-0.2, -0.15) is 0 Å². The molecule has 6 rings (SSSR count). The fraction of sp³-hybridized carbons (Fsp3) is 0.343. The minimum absolute atomic E-state index is 0.00672. The van der Waals surface area contributed by atoms with Crippen LogP contribution in [-0.2, 0) is 16.0 Å². The van der Waals surface area contributed by atoms with Gasteiger partial charge in [-0.1, -0.05) is 43.2 Å². The summed E-state index contributed by atoms with van der Waals surface area (Å²) in [6.45, 7) is 8.66. The van der Waals surface area contributed by atoms with Crippen molar-refractivity contribution in [2.45, 2.75) is 65.5 Å². The summed E-state index contributed by atoms with van der Waals surface area (Å²) in [6, 6.07) is 13.8. The number of ether oxygens (including phenoxy) is 3. The second-order valence-electron chi connectivity index (χ2n) is 11.5. The van der Waals surface area contributed by atoms with E-state index in [1.54, 1.807) is 31.4 Å². The van der Waals surface area contributed by atoms with E-state index in [1.165, 1.54) is 16.2 Å². The predicted molar refractivity (Wildman–Crippen MR) is 172 cm³/mol. The number of Topliss-reactive ketones (excluding diaryl/α,β-unsaturated/α-hetero) is 1. The third-order valence-electron chi connectivity index (χ3n) is 8.15. The van der Waals surface area contributed by atoms with E-state index in [-0.39, 0.29) is 17.4 Å². The minimum atomic E-state index is -0.941. The first-order chi connectivity index (χ1) is 21.2. The van der Waals surface area contributed by atoms with E-state index in [1.807, 2.05) is 45.0 Å². The number of hydrogen-bond acceptors (Lipinski definition) is 8. The fourth-order valence-corrected chi connectivity index (χ4v) is 7.21. The number of amides is 1. The van der Waals surface area contributed by atoms with E-state index in [2.05, 4.69) is 6.92 Å². The van der Waals surface area contributed by atoms with Crippen molar-refractivity contribution in [2.24, 2.45) is 0 Å². The molecule has 3 aromatic carbocycles. The largest absolute Gasteiger partial charge is 0.507 e. The van der Waals surface area contributed by atoms with Crippen LogP contribution in [0.1, 0.15) is 67.0 Å². The average molecular weight is 613 g/mol. The molecule has 1 N–H and O–H groups in total. The number of aliphatic hydroxyl groups excluding tert-OH is 1. The number of thiazole rings is 1. The topological polar surface area (TPSA) is 98.2 Å². The Kier molecular flexibility index (Phi) is 8.07.